The SMILES string of the molecule is O=C(CN1C(=O)N/C(=C\c2cn(CC(=O)N3CCOCC3)c3ccccc23)C1=O)Nc1ccc(Cl)cc1. The number of benzene rings is 2. The first-order valence-electron chi connectivity index (χ1n) is 11.7. The minimum atomic E-state index is -0.686. The smallest absolute Gasteiger partial charge is 0.329 e. The molecule has 2 N–H and O–H groups in total. The van der Waals surface area contributed by atoms with Gasteiger partial charge in [0.25, 0.3) is 5.91 Å². The molecule has 3 aromatic rings. The minimum absolute atomic E-state index is 0.0219. The number of rotatable bonds is 6. The van der Waals surface area contributed by atoms with Crippen LogP contribution in [-0.4, -0.2) is 71.0 Å². The van der Waals surface area contributed by atoms with Crippen molar-refractivity contribution in [3.8, 4) is 0 Å². The molecule has 3 heterocycles. The van der Waals surface area contributed by atoms with E-state index in [0.29, 0.717) is 42.6 Å². The lowest BCUT2D eigenvalue weighted by Crippen LogP contribution is -2.42. The summed E-state index contributed by atoms with van der Waals surface area (Å²) in [6.07, 6.45) is 3.35. The second kappa shape index (κ2) is 10.5. The number of ether oxygens (including phenoxy) is 1. The molecule has 2 fully saturated rings. The van der Waals surface area contributed by atoms with Crippen molar-refractivity contribution in [1.29, 1.82) is 0 Å². The average Bonchev–Trinajstić information content (AvgIpc) is 3.37. The Bertz CT molecular complexity index is 1410. The van der Waals surface area contributed by atoms with E-state index in [1.54, 1.807) is 41.4 Å². The molecule has 0 bridgehead atoms. The fourth-order valence-electron chi connectivity index (χ4n) is 4.33. The van der Waals surface area contributed by atoms with E-state index in [4.69, 9.17) is 16.3 Å². The maximum atomic E-state index is 13.0. The van der Waals surface area contributed by atoms with Gasteiger partial charge in [0.15, 0.2) is 0 Å². The number of halogens is 1. The molecule has 0 unspecified atom stereocenters. The second-order valence-corrected chi connectivity index (χ2v) is 9.09. The Kier molecular flexibility index (Phi) is 6.93. The van der Waals surface area contributed by atoms with E-state index >= 15 is 0 Å². The van der Waals surface area contributed by atoms with Gasteiger partial charge in [0.2, 0.25) is 11.8 Å². The molecule has 2 aliphatic heterocycles. The fourth-order valence-corrected chi connectivity index (χ4v) is 4.45. The first-order valence-corrected chi connectivity index (χ1v) is 12.1. The molecule has 1 aromatic heterocycles. The van der Waals surface area contributed by atoms with E-state index in [2.05, 4.69) is 10.6 Å². The molecule has 0 radical (unpaired) electrons. The van der Waals surface area contributed by atoms with Crippen molar-refractivity contribution in [2.24, 2.45) is 0 Å². The molecule has 0 spiro atoms. The minimum Gasteiger partial charge on any atom is -0.378 e. The summed E-state index contributed by atoms with van der Waals surface area (Å²) in [6.45, 7) is 1.84. The summed E-state index contributed by atoms with van der Waals surface area (Å²) < 4.78 is 7.16. The van der Waals surface area contributed by atoms with Gasteiger partial charge in [0.1, 0.15) is 18.8 Å². The third-order valence-corrected chi connectivity index (χ3v) is 6.43. The molecule has 0 saturated carbocycles. The average molecular weight is 522 g/mol. The Morgan fingerprint density at radius 1 is 1.03 bits per heavy atom. The van der Waals surface area contributed by atoms with Crippen LogP contribution in [0.25, 0.3) is 17.0 Å². The normalized spacial score (nSPS) is 16.9. The molecule has 0 atom stereocenters. The van der Waals surface area contributed by atoms with Crippen LogP contribution in [0.4, 0.5) is 10.5 Å². The van der Waals surface area contributed by atoms with Crippen molar-refractivity contribution in [1.82, 2.24) is 19.7 Å². The highest BCUT2D eigenvalue weighted by Gasteiger charge is 2.35. The van der Waals surface area contributed by atoms with Crippen LogP contribution in [0.1, 0.15) is 5.56 Å². The lowest BCUT2D eigenvalue weighted by Gasteiger charge is -2.27. The lowest BCUT2D eigenvalue weighted by atomic mass is 10.1. The number of nitrogens with zero attached hydrogens (tertiary/aromatic N) is 3. The fraction of sp³-hybridized carbons (Fsp3) is 0.231. The van der Waals surface area contributed by atoms with E-state index in [1.807, 2.05) is 28.8 Å². The Balaban J connectivity index is 1.33. The zero-order valence-electron chi connectivity index (χ0n) is 19.8. The van der Waals surface area contributed by atoms with Gasteiger partial charge in [0, 0.05) is 46.5 Å². The number of hydrogen-bond donors (Lipinski definition) is 2. The predicted octanol–water partition coefficient (Wildman–Crippen LogP) is 2.68. The maximum Gasteiger partial charge on any atom is 0.329 e. The number of imide groups is 1. The molecule has 0 aliphatic carbocycles. The van der Waals surface area contributed by atoms with E-state index in [9.17, 15) is 19.2 Å². The van der Waals surface area contributed by atoms with Crippen LogP contribution in [0.3, 0.4) is 0 Å². The molecule has 190 valence electrons. The van der Waals surface area contributed by atoms with Crippen LogP contribution >= 0.6 is 11.6 Å². The van der Waals surface area contributed by atoms with E-state index in [-0.39, 0.29) is 18.1 Å². The van der Waals surface area contributed by atoms with Gasteiger partial charge in [-0.05, 0) is 36.4 Å². The summed E-state index contributed by atoms with van der Waals surface area (Å²) in [5.74, 6) is -1.16. The molecular weight excluding hydrogens is 498 g/mol. The highest BCUT2D eigenvalue weighted by molar-refractivity contribution is 6.30. The summed E-state index contributed by atoms with van der Waals surface area (Å²) in [5.41, 5.74) is 2.04. The lowest BCUT2D eigenvalue weighted by molar-refractivity contribution is -0.135. The number of amides is 5. The van der Waals surface area contributed by atoms with E-state index in [0.717, 1.165) is 15.8 Å². The third-order valence-electron chi connectivity index (χ3n) is 6.18. The Morgan fingerprint density at radius 3 is 2.51 bits per heavy atom. The van der Waals surface area contributed by atoms with Crippen LogP contribution in [0.2, 0.25) is 5.02 Å². The zero-order valence-corrected chi connectivity index (χ0v) is 20.5. The molecule has 37 heavy (non-hydrogen) atoms. The van der Waals surface area contributed by atoms with Gasteiger partial charge in [-0.2, -0.15) is 0 Å². The summed E-state index contributed by atoms with van der Waals surface area (Å²) in [4.78, 5) is 53.3. The van der Waals surface area contributed by atoms with Crippen molar-refractivity contribution < 1.29 is 23.9 Å². The third kappa shape index (κ3) is 5.35. The van der Waals surface area contributed by atoms with E-state index < -0.39 is 24.4 Å². The number of nitrogens with one attached hydrogen (secondary N) is 2. The number of urea groups is 1. The number of carbonyl (C=O) groups excluding carboxylic acids is 4. The van der Waals surface area contributed by atoms with Gasteiger partial charge in [-0.1, -0.05) is 29.8 Å². The van der Waals surface area contributed by atoms with Crippen LogP contribution in [0.15, 0.2) is 60.4 Å². The van der Waals surface area contributed by atoms with Gasteiger partial charge >= 0.3 is 6.03 Å². The first-order chi connectivity index (χ1) is 17.9. The first kappa shape index (κ1) is 24.5. The summed E-state index contributed by atoms with van der Waals surface area (Å²) in [6, 6.07) is 13.3. The van der Waals surface area contributed by atoms with Gasteiger partial charge in [-0.15, -0.1) is 0 Å². The summed E-state index contributed by atoms with van der Waals surface area (Å²) in [5, 5.41) is 6.53. The van der Waals surface area contributed by atoms with Crippen LogP contribution in [0, 0.1) is 0 Å². The quantitative estimate of drug-likeness (QED) is 0.382. The number of morpholine rings is 1. The Hall–Kier alpha value is -4.15. The summed E-state index contributed by atoms with van der Waals surface area (Å²) in [7, 11) is 0. The van der Waals surface area contributed by atoms with Gasteiger partial charge in [-0.3, -0.25) is 14.4 Å². The Morgan fingerprint density at radius 2 is 1.76 bits per heavy atom. The monoisotopic (exact) mass is 521 g/mol. The van der Waals surface area contributed by atoms with Gasteiger partial charge in [0.05, 0.1) is 13.2 Å². The van der Waals surface area contributed by atoms with Crippen molar-refractivity contribution in [2.75, 3.05) is 38.2 Å². The molecule has 2 aliphatic rings. The van der Waals surface area contributed by atoms with Crippen LogP contribution in [0.5, 0.6) is 0 Å². The van der Waals surface area contributed by atoms with Crippen molar-refractivity contribution in [2.45, 2.75) is 6.54 Å². The molecule has 2 aromatic carbocycles. The molecule has 5 rings (SSSR count). The Labute approximate surface area is 217 Å². The van der Waals surface area contributed by atoms with Crippen molar-refractivity contribution in [3.05, 3.63) is 71.0 Å². The molecule has 5 amide bonds. The van der Waals surface area contributed by atoms with Gasteiger partial charge in [-0.25, -0.2) is 9.69 Å². The number of carbonyl (C=O) groups is 4. The largest absolute Gasteiger partial charge is 0.378 e. The molecule has 11 heteroatoms. The van der Waals surface area contributed by atoms with E-state index in [1.165, 1.54) is 0 Å². The predicted molar refractivity (Wildman–Crippen MR) is 138 cm³/mol. The summed E-state index contributed by atoms with van der Waals surface area (Å²) >= 11 is 5.86. The number of anilines is 1. The topological polar surface area (TPSA) is 113 Å². The highest BCUT2D eigenvalue weighted by Crippen LogP contribution is 2.25. The van der Waals surface area contributed by atoms with Crippen LogP contribution < -0.4 is 10.6 Å². The van der Waals surface area contributed by atoms with Gasteiger partial charge < -0.3 is 24.8 Å². The van der Waals surface area contributed by atoms with Crippen molar-refractivity contribution >= 4 is 58.0 Å². The van der Waals surface area contributed by atoms with Crippen LogP contribution in [-0.2, 0) is 25.7 Å². The number of hydrogen-bond acceptors (Lipinski definition) is 5. The molecule has 10 nitrogen and oxygen atoms in total. The zero-order chi connectivity index (χ0) is 25.9. The molecular formula is C26H24ClN5O5. The maximum absolute atomic E-state index is 13.0. The number of para-hydroxylation sites is 1. The molecule has 2 saturated heterocycles. The number of aromatic nitrogens is 1. The van der Waals surface area contributed by atoms with Crippen molar-refractivity contribution in [3.63, 3.8) is 0 Å². The number of fused-ring (bicyclic) bond motifs is 1. The standard InChI is InChI=1S/C26H24ClN5O5/c27-18-5-7-19(8-6-18)28-23(33)15-32-25(35)21(29-26(32)36)13-17-14-31(22-4-2-1-3-20(17)22)16-24(34)30-9-11-37-12-10-30/h1-8,13-14H,9-12,15-16H2,(H,28,33)(H,29,36)/b21-13-. The second-order valence-electron chi connectivity index (χ2n) is 8.66. The highest BCUT2D eigenvalue weighted by atomic mass is 35.5.